The van der Waals surface area contributed by atoms with E-state index in [4.69, 9.17) is 5.11 Å². The lowest BCUT2D eigenvalue weighted by molar-refractivity contribution is 0.371. The van der Waals surface area contributed by atoms with Crippen LogP contribution in [0.5, 0.6) is 0 Å². The van der Waals surface area contributed by atoms with Gasteiger partial charge in [0.15, 0.2) is 28.4 Å². The fraction of sp³-hybridized carbons (Fsp3) is 0.250. The van der Waals surface area contributed by atoms with Crippen LogP contribution in [0.4, 0.5) is 0 Å². The molecule has 0 aliphatic carbocycles. The van der Waals surface area contributed by atoms with Crippen LogP contribution in [0.2, 0.25) is 0 Å². The molecule has 1 N–H and O–H groups in total. The Bertz CT molecular complexity index is 223. The summed E-state index contributed by atoms with van der Waals surface area (Å²) in [6.45, 7) is 2.13. The van der Waals surface area contributed by atoms with Crippen molar-refractivity contribution in [2.75, 3.05) is 13.0 Å². The molecular formula is C8H11IOP+. The van der Waals surface area contributed by atoms with Crippen LogP contribution in [-0.2, 0) is 0 Å². The maximum Gasteiger partial charge on any atom is 0.166 e. The molecule has 11 heavy (non-hydrogen) atoms. The summed E-state index contributed by atoms with van der Waals surface area (Å²) in [6, 6.07) is 10.2. The number of rotatable bonds is 2. The zero-order valence-electron chi connectivity index (χ0n) is 6.37. The Balaban J connectivity index is 2.93. The van der Waals surface area contributed by atoms with Gasteiger partial charge in [0.25, 0.3) is 0 Å². The molecule has 3 heteroatoms. The molecule has 60 valence electrons. The zero-order valence-corrected chi connectivity index (χ0v) is 9.42. The van der Waals surface area contributed by atoms with Crippen LogP contribution in [0.25, 0.3) is 0 Å². The van der Waals surface area contributed by atoms with Gasteiger partial charge in [-0.05, 0) is 12.1 Å². The number of hydrogen-bond acceptors (Lipinski definition) is 1. The van der Waals surface area contributed by atoms with Crippen molar-refractivity contribution in [2.45, 2.75) is 0 Å². The van der Waals surface area contributed by atoms with E-state index in [0.717, 1.165) is 0 Å². The number of aliphatic hydroxyl groups is 1. The van der Waals surface area contributed by atoms with Gasteiger partial charge in [0, 0.05) is 0 Å². The molecule has 1 nitrogen and oxygen atoms in total. The van der Waals surface area contributed by atoms with Gasteiger partial charge in [0.1, 0.15) is 10.2 Å². The monoisotopic (exact) mass is 281 g/mol. The predicted octanol–water partition coefficient (Wildman–Crippen LogP) is 2.26. The molecule has 0 spiro atoms. The van der Waals surface area contributed by atoms with Gasteiger partial charge in [-0.3, -0.25) is 0 Å². The smallest absolute Gasteiger partial charge is 0.166 e. The molecule has 0 aliphatic rings. The summed E-state index contributed by atoms with van der Waals surface area (Å²) < 4.78 is 0. The summed E-state index contributed by atoms with van der Waals surface area (Å²) in [7, 11) is 0. The van der Waals surface area contributed by atoms with E-state index in [0.29, 0.717) is 0 Å². The molecule has 1 unspecified atom stereocenters. The fourth-order valence-corrected chi connectivity index (χ4v) is 2.74. The fourth-order valence-electron chi connectivity index (χ4n) is 0.820. The van der Waals surface area contributed by atoms with Gasteiger partial charge in [0.05, 0.1) is 6.66 Å². The van der Waals surface area contributed by atoms with Crippen LogP contribution in [0.15, 0.2) is 30.3 Å². The maximum absolute atomic E-state index is 9.09. The molecule has 0 amide bonds. The van der Waals surface area contributed by atoms with E-state index < -0.39 is 4.90 Å². The quantitative estimate of drug-likeness (QED) is 0.651. The Kier molecular flexibility index (Phi) is 3.29. The highest BCUT2D eigenvalue weighted by Gasteiger charge is 2.29. The molecule has 0 saturated heterocycles. The first-order chi connectivity index (χ1) is 5.17. The molecule has 0 aliphatic heterocycles. The van der Waals surface area contributed by atoms with Crippen molar-refractivity contribution in [3.05, 3.63) is 30.3 Å². The average molecular weight is 281 g/mol. The normalized spacial score (nSPS) is 15.9. The topological polar surface area (TPSA) is 20.2 Å². The summed E-state index contributed by atoms with van der Waals surface area (Å²) in [5, 5.41) is 10.4. The minimum Gasteiger partial charge on any atom is -0.361 e. The highest BCUT2D eigenvalue weighted by atomic mass is 127. The van der Waals surface area contributed by atoms with Gasteiger partial charge in [-0.1, -0.05) is 18.2 Å². The second-order valence-corrected chi connectivity index (χ2v) is 11.9. The van der Waals surface area contributed by atoms with Crippen LogP contribution in [-0.4, -0.2) is 18.1 Å². The van der Waals surface area contributed by atoms with E-state index in [1.807, 2.05) is 18.2 Å². The van der Waals surface area contributed by atoms with Crippen molar-refractivity contribution in [2.24, 2.45) is 0 Å². The van der Waals surface area contributed by atoms with Gasteiger partial charge in [-0.15, -0.1) is 0 Å². The number of halogens is 1. The third-order valence-electron chi connectivity index (χ3n) is 1.56. The standard InChI is InChI=1S/C8H11IOP/c1-11(9,7-10)8-5-3-2-4-6-8/h2-6,10H,7H2,1H3/q+1. The summed E-state index contributed by atoms with van der Waals surface area (Å²) in [6.07, 6.45) is 0.289. The summed E-state index contributed by atoms with van der Waals surface area (Å²) in [4.78, 5) is -1.25. The Morgan fingerprint density at radius 1 is 1.36 bits per heavy atom. The minimum absolute atomic E-state index is 0.289. The summed E-state index contributed by atoms with van der Waals surface area (Å²) in [5.74, 6) is 0. The van der Waals surface area contributed by atoms with Gasteiger partial charge < -0.3 is 5.11 Å². The summed E-state index contributed by atoms with van der Waals surface area (Å²) in [5.41, 5.74) is 0. The lowest BCUT2D eigenvalue weighted by Crippen LogP contribution is -2.06. The minimum atomic E-state index is -1.25. The van der Waals surface area contributed by atoms with E-state index in [1.165, 1.54) is 5.30 Å². The van der Waals surface area contributed by atoms with Crippen LogP contribution >= 0.6 is 26.9 Å². The highest BCUT2D eigenvalue weighted by molar-refractivity contribution is 14.2. The second-order valence-electron chi connectivity index (χ2n) is 2.55. The van der Waals surface area contributed by atoms with Gasteiger partial charge >= 0.3 is 0 Å². The van der Waals surface area contributed by atoms with Crippen LogP contribution in [0.1, 0.15) is 0 Å². The van der Waals surface area contributed by atoms with E-state index in [2.05, 4.69) is 40.8 Å². The molecule has 1 aromatic rings. The lowest BCUT2D eigenvalue weighted by Gasteiger charge is -2.10. The SMILES string of the molecule is C[P+](I)(CO)c1ccccc1. The van der Waals surface area contributed by atoms with Crippen molar-refractivity contribution in [3.63, 3.8) is 0 Å². The van der Waals surface area contributed by atoms with Crippen LogP contribution in [0, 0.1) is 0 Å². The zero-order chi connectivity index (χ0) is 8.32. The molecule has 0 radical (unpaired) electrons. The molecular weight excluding hydrogens is 270 g/mol. The van der Waals surface area contributed by atoms with E-state index in [1.54, 1.807) is 0 Å². The number of benzene rings is 1. The van der Waals surface area contributed by atoms with Crippen molar-refractivity contribution in [3.8, 4) is 0 Å². The van der Waals surface area contributed by atoms with E-state index in [-0.39, 0.29) is 6.35 Å². The Morgan fingerprint density at radius 2 is 1.91 bits per heavy atom. The number of aliphatic hydroxyl groups excluding tert-OH is 1. The van der Waals surface area contributed by atoms with Gasteiger partial charge in [0.2, 0.25) is 0 Å². The Labute approximate surface area is 80.6 Å². The largest absolute Gasteiger partial charge is 0.361 e. The highest BCUT2D eigenvalue weighted by Crippen LogP contribution is 2.61. The summed E-state index contributed by atoms with van der Waals surface area (Å²) >= 11 is 2.37. The first-order valence-corrected chi connectivity index (χ1v) is 8.59. The van der Waals surface area contributed by atoms with Crippen molar-refractivity contribution in [1.82, 2.24) is 0 Å². The third kappa shape index (κ3) is 2.39. The van der Waals surface area contributed by atoms with Crippen molar-refractivity contribution < 1.29 is 5.11 Å². The van der Waals surface area contributed by atoms with E-state index in [9.17, 15) is 0 Å². The van der Waals surface area contributed by atoms with E-state index >= 15 is 0 Å². The second kappa shape index (κ2) is 3.83. The molecule has 1 aromatic carbocycles. The van der Waals surface area contributed by atoms with Crippen molar-refractivity contribution in [1.29, 1.82) is 0 Å². The third-order valence-corrected chi connectivity index (χ3v) is 6.05. The molecule has 0 heterocycles. The molecule has 1 atom stereocenters. The molecule has 0 bridgehead atoms. The first kappa shape index (κ1) is 9.43. The molecule has 0 saturated carbocycles. The van der Waals surface area contributed by atoms with Gasteiger partial charge in [-0.2, -0.15) is 0 Å². The predicted molar refractivity (Wildman–Crippen MR) is 60.0 cm³/mol. The molecule has 1 rings (SSSR count). The first-order valence-electron chi connectivity index (χ1n) is 3.38. The molecule has 0 fully saturated rings. The molecule has 0 aromatic heterocycles. The Hall–Kier alpha value is 0.340. The average Bonchev–Trinajstić information content (AvgIpc) is 2.06. The van der Waals surface area contributed by atoms with Crippen molar-refractivity contribution >= 4 is 32.3 Å². The number of hydrogen-bond donors (Lipinski definition) is 1. The van der Waals surface area contributed by atoms with Crippen LogP contribution < -0.4 is 5.30 Å². The lowest BCUT2D eigenvalue weighted by atomic mass is 10.4. The Morgan fingerprint density at radius 3 is 2.36 bits per heavy atom. The van der Waals surface area contributed by atoms with Gasteiger partial charge in [-0.25, -0.2) is 0 Å². The maximum atomic E-state index is 9.09. The van der Waals surface area contributed by atoms with Crippen LogP contribution in [0.3, 0.4) is 0 Å².